The fourth-order valence-electron chi connectivity index (χ4n) is 1.81. The second kappa shape index (κ2) is 6.63. The number of nitrogens with one attached hydrogen (secondary N) is 2. The number of carbonyl (C=O) groups is 1. The van der Waals surface area contributed by atoms with E-state index in [2.05, 4.69) is 21.8 Å². The zero-order valence-electron chi connectivity index (χ0n) is 12.6. The maximum Gasteiger partial charge on any atom is 0.324 e. The predicted molar refractivity (Wildman–Crippen MR) is 82.8 cm³/mol. The number of hydrogen-bond acceptors (Lipinski definition) is 4. The minimum absolute atomic E-state index is 0.0293. The first-order valence-corrected chi connectivity index (χ1v) is 6.76. The van der Waals surface area contributed by atoms with Crippen LogP contribution in [0.15, 0.2) is 30.5 Å². The number of aromatic nitrogens is 2. The number of nitrogens with zero attached hydrogens (tertiary/aromatic N) is 3. The highest BCUT2D eigenvalue weighted by atomic mass is 16.5. The molecule has 2 rings (SSSR count). The van der Waals surface area contributed by atoms with Gasteiger partial charge < -0.3 is 10.1 Å². The van der Waals surface area contributed by atoms with Crippen LogP contribution in [0.2, 0.25) is 0 Å². The van der Waals surface area contributed by atoms with Gasteiger partial charge in [-0.15, -0.1) is 0 Å². The van der Waals surface area contributed by atoms with Crippen molar-refractivity contribution >= 4 is 17.5 Å². The Morgan fingerprint density at radius 2 is 2.14 bits per heavy atom. The summed E-state index contributed by atoms with van der Waals surface area (Å²) >= 11 is 0. The van der Waals surface area contributed by atoms with Crippen molar-refractivity contribution in [2.75, 3.05) is 10.6 Å². The first-order chi connectivity index (χ1) is 10.5. The molecule has 0 atom stereocenters. The second-order valence-corrected chi connectivity index (χ2v) is 4.94. The summed E-state index contributed by atoms with van der Waals surface area (Å²) in [5, 5.41) is 18.5. The number of carbonyl (C=O) groups excluding carboxylic acids is 1. The van der Waals surface area contributed by atoms with Gasteiger partial charge in [0.05, 0.1) is 11.7 Å². The van der Waals surface area contributed by atoms with Crippen LogP contribution in [0.25, 0.3) is 0 Å². The molecule has 7 nitrogen and oxygen atoms in total. The maximum absolute atomic E-state index is 11.9. The van der Waals surface area contributed by atoms with Gasteiger partial charge in [0.25, 0.3) is 0 Å². The molecule has 0 fully saturated rings. The molecule has 0 unspecified atom stereocenters. The Hall–Kier alpha value is -3.01. The molecule has 1 heterocycles. The van der Waals surface area contributed by atoms with E-state index in [4.69, 9.17) is 10.00 Å². The van der Waals surface area contributed by atoms with Gasteiger partial charge in [0.2, 0.25) is 0 Å². The minimum Gasteiger partial charge on any atom is -0.490 e. The third-order valence-corrected chi connectivity index (χ3v) is 2.68. The van der Waals surface area contributed by atoms with Crippen molar-refractivity contribution in [3.05, 3.63) is 36.0 Å². The van der Waals surface area contributed by atoms with E-state index in [9.17, 15) is 4.79 Å². The Morgan fingerprint density at radius 3 is 2.73 bits per heavy atom. The number of ether oxygens (including phenoxy) is 1. The highest BCUT2D eigenvalue weighted by molar-refractivity contribution is 5.99. The molecule has 22 heavy (non-hydrogen) atoms. The molecule has 1 aromatic heterocycles. The number of rotatable bonds is 4. The van der Waals surface area contributed by atoms with E-state index in [1.807, 2.05) is 13.8 Å². The molecular weight excluding hydrogens is 282 g/mol. The van der Waals surface area contributed by atoms with Crippen LogP contribution in [0, 0.1) is 11.3 Å². The lowest BCUT2D eigenvalue weighted by Crippen LogP contribution is -2.20. The normalized spacial score (nSPS) is 10.1. The summed E-state index contributed by atoms with van der Waals surface area (Å²) in [7, 11) is 1.76. The van der Waals surface area contributed by atoms with Gasteiger partial charge in [-0.3, -0.25) is 10.00 Å². The molecule has 1 aromatic carbocycles. The van der Waals surface area contributed by atoms with Crippen LogP contribution >= 0.6 is 0 Å². The first-order valence-electron chi connectivity index (χ1n) is 6.76. The van der Waals surface area contributed by atoms with E-state index < -0.39 is 6.03 Å². The summed E-state index contributed by atoms with van der Waals surface area (Å²) < 4.78 is 7.12. The van der Waals surface area contributed by atoms with Crippen LogP contribution in [-0.4, -0.2) is 21.9 Å². The predicted octanol–water partition coefficient (Wildman–Crippen LogP) is 2.72. The monoisotopic (exact) mass is 299 g/mol. The molecule has 0 saturated carbocycles. The van der Waals surface area contributed by atoms with Gasteiger partial charge in [0.15, 0.2) is 5.82 Å². The Kier molecular flexibility index (Phi) is 4.63. The van der Waals surface area contributed by atoms with Gasteiger partial charge in [-0.05, 0) is 32.0 Å². The number of urea groups is 1. The summed E-state index contributed by atoms with van der Waals surface area (Å²) in [5.41, 5.74) is 0.866. The standard InChI is InChI=1S/C15H17N5O2/c1-10(2)22-13-5-4-12(8-11(13)9-16)17-15(21)18-14-6-7-20(3)19-14/h4-8,10H,1-3H3,(H2,17,18,19,21). The minimum atomic E-state index is -0.430. The summed E-state index contributed by atoms with van der Waals surface area (Å²) in [6.45, 7) is 3.77. The van der Waals surface area contributed by atoms with Crippen molar-refractivity contribution in [1.29, 1.82) is 5.26 Å². The Balaban J connectivity index is 2.06. The van der Waals surface area contributed by atoms with Crippen molar-refractivity contribution in [1.82, 2.24) is 9.78 Å². The smallest absolute Gasteiger partial charge is 0.324 e. The number of anilines is 2. The van der Waals surface area contributed by atoms with Gasteiger partial charge in [-0.1, -0.05) is 0 Å². The Morgan fingerprint density at radius 1 is 1.36 bits per heavy atom. The molecule has 2 N–H and O–H groups in total. The van der Waals surface area contributed by atoms with E-state index in [-0.39, 0.29) is 6.10 Å². The molecule has 0 bridgehead atoms. The highest BCUT2D eigenvalue weighted by Gasteiger charge is 2.09. The van der Waals surface area contributed by atoms with Gasteiger partial charge in [-0.25, -0.2) is 4.79 Å². The van der Waals surface area contributed by atoms with Crippen molar-refractivity contribution in [2.45, 2.75) is 20.0 Å². The molecule has 0 spiro atoms. The Bertz CT molecular complexity index is 715. The zero-order valence-corrected chi connectivity index (χ0v) is 12.6. The van der Waals surface area contributed by atoms with Crippen LogP contribution in [0.3, 0.4) is 0 Å². The molecule has 2 aromatic rings. The average Bonchev–Trinajstić information content (AvgIpc) is 2.85. The van der Waals surface area contributed by atoms with E-state index in [0.29, 0.717) is 22.8 Å². The van der Waals surface area contributed by atoms with Crippen LogP contribution in [0.1, 0.15) is 19.4 Å². The fourth-order valence-corrected chi connectivity index (χ4v) is 1.81. The quantitative estimate of drug-likeness (QED) is 0.908. The number of benzene rings is 1. The first kappa shape index (κ1) is 15.4. The molecule has 7 heteroatoms. The number of amides is 2. The van der Waals surface area contributed by atoms with Crippen molar-refractivity contribution < 1.29 is 9.53 Å². The molecular formula is C15H17N5O2. The van der Waals surface area contributed by atoms with E-state index >= 15 is 0 Å². The van der Waals surface area contributed by atoms with Gasteiger partial charge >= 0.3 is 6.03 Å². The molecule has 0 saturated heterocycles. The fraction of sp³-hybridized carbons (Fsp3) is 0.267. The van der Waals surface area contributed by atoms with E-state index in [1.54, 1.807) is 42.2 Å². The zero-order chi connectivity index (χ0) is 16.1. The number of hydrogen-bond donors (Lipinski definition) is 2. The lowest BCUT2D eigenvalue weighted by molar-refractivity contribution is 0.241. The van der Waals surface area contributed by atoms with Crippen molar-refractivity contribution in [3.8, 4) is 11.8 Å². The summed E-state index contributed by atoms with van der Waals surface area (Å²) in [4.78, 5) is 11.9. The number of nitriles is 1. The van der Waals surface area contributed by atoms with Crippen molar-refractivity contribution in [2.24, 2.45) is 7.05 Å². The van der Waals surface area contributed by atoms with Gasteiger partial charge in [-0.2, -0.15) is 10.4 Å². The third kappa shape index (κ3) is 3.99. The van der Waals surface area contributed by atoms with E-state index in [0.717, 1.165) is 0 Å². The average molecular weight is 299 g/mol. The number of aryl methyl sites for hydroxylation is 1. The molecule has 114 valence electrons. The van der Waals surface area contributed by atoms with Crippen LogP contribution in [-0.2, 0) is 7.05 Å². The highest BCUT2D eigenvalue weighted by Crippen LogP contribution is 2.23. The topological polar surface area (TPSA) is 92.0 Å². The van der Waals surface area contributed by atoms with Crippen LogP contribution < -0.4 is 15.4 Å². The van der Waals surface area contributed by atoms with Gasteiger partial charge in [0.1, 0.15) is 11.8 Å². The third-order valence-electron chi connectivity index (χ3n) is 2.68. The lowest BCUT2D eigenvalue weighted by Gasteiger charge is -2.12. The SMILES string of the molecule is CC(C)Oc1ccc(NC(=O)Nc2ccn(C)n2)cc1C#N. The maximum atomic E-state index is 11.9. The van der Waals surface area contributed by atoms with Gasteiger partial charge in [0, 0.05) is 25.0 Å². The second-order valence-electron chi connectivity index (χ2n) is 4.94. The Labute approximate surface area is 128 Å². The van der Waals surface area contributed by atoms with Crippen LogP contribution in [0.5, 0.6) is 5.75 Å². The van der Waals surface area contributed by atoms with E-state index in [1.165, 1.54) is 0 Å². The lowest BCUT2D eigenvalue weighted by atomic mass is 10.2. The summed E-state index contributed by atoms with van der Waals surface area (Å²) in [6.07, 6.45) is 1.69. The van der Waals surface area contributed by atoms with Crippen molar-refractivity contribution in [3.63, 3.8) is 0 Å². The van der Waals surface area contributed by atoms with Crippen LogP contribution in [0.4, 0.5) is 16.3 Å². The summed E-state index contributed by atoms with van der Waals surface area (Å²) in [5.74, 6) is 0.938. The largest absolute Gasteiger partial charge is 0.490 e. The molecule has 0 aliphatic heterocycles. The summed E-state index contributed by atoms with van der Waals surface area (Å²) in [6, 6.07) is 8.21. The molecule has 0 radical (unpaired) electrons. The molecule has 0 aliphatic rings. The molecule has 2 amide bonds. The molecule has 0 aliphatic carbocycles.